The number of oxime groups is 1. The van der Waals surface area contributed by atoms with Gasteiger partial charge in [-0.15, -0.1) is 0 Å². The van der Waals surface area contributed by atoms with Crippen molar-refractivity contribution in [1.29, 1.82) is 0 Å². The molecule has 2 rings (SSSR count). The van der Waals surface area contributed by atoms with Gasteiger partial charge in [0.2, 0.25) is 5.91 Å². The van der Waals surface area contributed by atoms with E-state index in [2.05, 4.69) is 11.2 Å². The number of carbonyl (C=O) groups is 1. The molecule has 0 aromatic heterocycles. The molecule has 1 fully saturated rings. The van der Waals surface area contributed by atoms with Crippen LogP contribution in [0.3, 0.4) is 0 Å². The number of nitrogens with two attached hydrogens (primary N) is 1. The van der Waals surface area contributed by atoms with Gasteiger partial charge in [-0.25, -0.2) is 0 Å². The third-order valence-corrected chi connectivity index (χ3v) is 4.31. The van der Waals surface area contributed by atoms with Crippen LogP contribution in [0.5, 0.6) is 0 Å². The molecule has 0 aliphatic heterocycles. The lowest BCUT2D eigenvalue weighted by atomic mass is 9.83. The SMILES string of the molecule is Cc1cccc(CN(C)C(=O)C2(C(N)=NO)CCCC2)c1. The van der Waals surface area contributed by atoms with Gasteiger partial charge in [-0.3, -0.25) is 4.79 Å². The van der Waals surface area contributed by atoms with Gasteiger partial charge in [-0.05, 0) is 25.3 Å². The summed E-state index contributed by atoms with van der Waals surface area (Å²) in [6, 6.07) is 8.08. The highest BCUT2D eigenvalue weighted by Crippen LogP contribution is 2.40. The van der Waals surface area contributed by atoms with Crippen LogP contribution < -0.4 is 5.73 Å². The zero-order valence-electron chi connectivity index (χ0n) is 12.7. The number of rotatable bonds is 4. The van der Waals surface area contributed by atoms with Gasteiger partial charge in [0, 0.05) is 13.6 Å². The van der Waals surface area contributed by atoms with Crippen molar-refractivity contribution in [2.24, 2.45) is 16.3 Å². The van der Waals surface area contributed by atoms with Crippen molar-refractivity contribution in [1.82, 2.24) is 4.90 Å². The van der Waals surface area contributed by atoms with Crippen LogP contribution in [0.2, 0.25) is 0 Å². The first-order valence-electron chi connectivity index (χ1n) is 7.29. The largest absolute Gasteiger partial charge is 0.409 e. The van der Waals surface area contributed by atoms with Gasteiger partial charge in [0.15, 0.2) is 5.84 Å². The second kappa shape index (κ2) is 6.16. The Hall–Kier alpha value is -2.04. The van der Waals surface area contributed by atoms with Crippen molar-refractivity contribution < 1.29 is 10.0 Å². The minimum absolute atomic E-state index is 0.0427. The van der Waals surface area contributed by atoms with E-state index in [4.69, 9.17) is 10.9 Å². The normalized spacial score (nSPS) is 17.7. The average molecular weight is 289 g/mol. The van der Waals surface area contributed by atoms with Crippen LogP contribution in [-0.4, -0.2) is 28.9 Å². The molecule has 0 radical (unpaired) electrons. The van der Waals surface area contributed by atoms with E-state index < -0.39 is 5.41 Å². The summed E-state index contributed by atoms with van der Waals surface area (Å²) in [6.45, 7) is 2.56. The Bertz CT molecular complexity index is 548. The summed E-state index contributed by atoms with van der Waals surface area (Å²) in [5.41, 5.74) is 7.24. The van der Waals surface area contributed by atoms with Gasteiger partial charge in [0.05, 0.1) is 0 Å². The molecule has 0 bridgehead atoms. The van der Waals surface area contributed by atoms with Crippen molar-refractivity contribution in [2.75, 3.05) is 7.05 Å². The van der Waals surface area contributed by atoms with Gasteiger partial charge in [-0.2, -0.15) is 0 Å². The van der Waals surface area contributed by atoms with Gasteiger partial charge >= 0.3 is 0 Å². The maximum absolute atomic E-state index is 12.8. The molecule has 0 spiro atoms. The standard InChI is InChI=1S/C16H23N3O2/c1-12-6-5-7-13(10-12)11-19(2)15(20)16(14(17)18-21)8-3-4-9-16/h5-7,10,21H,3-4,8-9,11H2,1-2H3,(H2,17,18). The number of hydrogen-bond acceptors (Lipinski definition) is 3. The van der Waals surface area contributed by atoms with Gasteiger partial charge in [0.1, 0.15) is 5.41 Å². The molecule has 5 heteroatoms. The summed E-state index contributed by atoms with van der Waals surface area (Å²) in [7, 11) is 1.77. The molecule has 1 saturated carbocycles. The summed E-state index contributed by atoms with van der Waals surface area (Å²) >= 11 is 0. The molecule has 0 unspecified atom stereocenters. The number of hydrogen-bond donors (Lipinski definition) is 2. The lowest BCUT2D eigenvalue weighted by Gasteiger charge is -2.31. The predicted molar refractivity (Wildman–Crippen MR) is 82.0 cm³/mol. The van der Waals surface area contributed by atoms with E-state index in [1.54, 1.807) is 11.9 Å². The van der Waals surface area contributed by atoms with Crippen LogP contribution in [0.15, 0.2) is 29.4 Å². The highest BCUT2D eigenvalue weighted by Gasteiger charge is 2.46. The summed E-state index contributed by atoms with van der Waals surface area (Å²) in [6.07, 6.45) is 3.17. The number of carbonyl (C=O) groups excluding carboxylic acids is 1. The summed E-state index contributed by atoms with van der Waals surface area (Å²) in [5.74, 6) is -0.0158. The number of aryl methyl sites for hydroxylation is 1. The second-order valence-electron chi connectivity index (χ2n) is 5.92. The Morgan fingerprint density at radius 1 is 1.43 bits per heavy atom. The highest BCUT2D eigenvalue weighted by atomic mass is 16.4. The summed E-state index contributed by atoms with van der Waals surface area (Å²) in [4.78, 5) is 14.5. The molecule has 0 saturated heterocycles. The van der Waals surface area contributed by atoms with E-state index in [9.17, 15) is 4.79 Å². The third kappa shape index (κ3) is 3.01. The Balaban J connectivity index is 2.17. The van der Waals surface area contributed by atoms with E-state index in [1.165, 1.54) is 5.56 Å². The van der Waals surface area contributed by atoms with E-state index in [-0.39, 0.29) is 11.7 Å². The maximum Gasteiger partial charge on any atom is 0.236 e. The number of benzene rings is 1. The Morgan fingerprint density at radius 3 is 2.67 bits per heavy atom. The predicted octanol–water partition coefficient (Wildman–Crippen LogP) is 2.26. The fourth-order valence-electron chi connectivity index (χ4n) is 3.18. The number of amidine groups is 1. The fourth-order valence-corrected chi connectivity index (χ4v) is 3.18. The first-order chi connectivity index (χ1) is 9.99. The lowest BCUT2D eigenvalue weighted by molar-refractivity contribution is -0.137. The quantitative estimate of drug-likeness (QED) is 0.386. The van der Waals surface area contributed by atoms with E-state index in [0.717, 1.165) is 18.4 Å². The zero-order valence-corrected chi connectivity index (χ0v) is 12.7. The molecule has 1 aromatic carbocycles. The number of amides is 1. The highest BCUT2D eigenvalue weighted by molar-refractivity contribution is 6.06. The van der Waals surface area contributed by atoms with E-state index >= 15 is 0 Å². The van der Waals surface area contributed by atoms with Crippen molar-refractivity contribution in [3.63, 3.8) is 0 Å². The number of nitrogens with zero attached hydrogens (tertiary/aromatic N) is 2. The van der Waals surface area contributed by atoms with Crippen LogP contribution in [0.25, 0.3) is 0 Å². The average Bonchev–Trinajstić information content (AvgIpc) is 2.96. The minimum atomic E-state index is -0.826. The maximum atomic E-state index is 12.8. The molecule has 21 heavy (non-hydrogen) atoms. The van der Waals surface area contributed by atoms with Gasteiger partial charge in [-0.1, -0.05) is 47.8 Å². The Labute approximate surface area is 125 Å². The monoisotopic (exact) mass is 289 g/mol. The van der Waals surface area contributed by atoms with Crippen molar-refractivity contribution >= 4 is 11.7 Å². The molecule has 1 amide bonds. The Kier molecular flexibility index (Phi) is 4.50. The van der Waals surface area contributed by atoms with Gasteiger partial charge < -0.3 is 15.8 Å². The van der Waals surface area contributed by atoms with Gasteiger partial charge in [0.25, 0.3) is 0 Å². The van der Waals surface area contributed by atoms with E-state index in [0.29, 0.717) is 19.4 Å². The molecular formula is C16H23N3O2. The summed E-state index contributed by atoms with van der Waals surface area (Å²) < 4.78 is 0. The first kappa shape index (κ1) is 15.4. The fraction of sp³-hybridized carbons (Fsp3) is 0.500. The molecule has 0 heterocycles. The van der Waals surface area contributed by atoms with Crippen molar-refractivity contribution in [3.8, 4) is 0 Å². The Morgan fingerprint density at radius 2 is 2.10 bits per heavy atom. The van der Waals surface area contributed by atoms with Crippen molar-refractivity contribution in [3.05, 3.63) is 35.4 Å². The topological polar surface area (TPSA) is 78.9 Å². The molecular weight excluding hydrogens is 266 g/mol. The second-order valence-corrected chi connectivity index (χ2v) is 5.92. The van der Waals surface area contributed by atoms with Crippen LogP contribution in [-0.2, 0) is 11.3 Å². The van der Waals surface area contributed by atoms with Crippen LogP contribution in [0.1, 0.15) is 36.8 Å². The molecule has 1 aromatic rings. The molecule has 0 atom stereocenters. The van der Waals surface area contributed by atoms with E-state index in [1.807, 2.05) is 25.1 Å². The summed E-state index contributed by atoms with van der Waals surface area (Å²) in [5, 5.41) is 12.1. The van der Waals surface area contributed by atoms with Crippen LogP contribution >= 0.6 is 0 Å². The molecule has 114 valence electrons. The third-order valence-electron chi connectivity index (χ3n) is 4.31. The molecule has 1 aliphatic carbocycles. The van der Waals surface area contributed by atoms with Crippen LogP contribution in [0.4, 0.5) is 0 Å². The molecule has 1 aliphatic rings. The lowest BCUT2D eigenvalue weighted by Crippen LogP contribution is -2.48. The van der Waals surface area contributed by atoms with Crippen molar-refractivity contribution in [2.45, 2.75) is 39.2 Å². The first-order valence-corrected chi connectivity index (χ1v) is 7.29. The molecule has 3 N–H and O–H groups in total. The minimum Gasteiger partial charge on any atom is -0.409 e. The zero-order chi connectivity index (χ0) is 15.5. The molecule has 5 nitrogen and oxygen atoms in total. The smallest absolute Gasteiger partial charge is 0.236 e. The van der Waals surface area contributed by atoms with Crippen LogP contribution in [0, 0.1) is 12.3 Å².